The van der Waals surface area contributed by atoms with E-state index in [1.807, 2.05) is 55.9 Å². The Balaban J connectivity index is 3.15. The molecule has 146 valence electrons. The maximum Gasteiger partial charge on any atom is 0.317 e. The Labute approximate surface area is 156 Å². The Morgan fingerprint density at radius 1 is 1.23 bits per heavy atom. The highest BCUT2D eigenvalue weighted by atomic mass is 16.5. The van der Waals surface area contributed by atoms with Gasteiger partial charge in [-0.05, 0) is 44.0 Å². The molecule has 0 radical (unpaired) electrons. The fourth-order valence-electron chi connectivity index (χ4n) is 2.64. The third kappa shape index (κ3) is 6.22. The molecule has 0 aliphatic heterocycles. The number of ether oxygens (including phenoxy) is 1. The minimum atomic E-state index is -0.210. The number of carbonyl (C=O) groups is 2. The second-order valence-corrected chi connectivity index (χ2v) is 6.44. The van der Waals surface area contributed by atoms with Crippen LogP contribution in [-0.2, 0) is 16.1 Å². The van der Waals surface area contributed by atoms with E-state index >= 15 is 0 Å². The Kier molecular flexibility index (Phi) is 8.92. The largest absolute Gasteiger partial charge is 0.377 e. The molecule has 7 heteroatoms. The van der Waals surface area contributed by atoms with Crippen LogP contribution in [0.4, 0.5) is 16.2 Å². The number of rotatable bonds is 9. The van der Waals surface area contributed by atoms with Crippen molar-refractivity contribution in [2.45, 2.75) is 39.8 Å². The molecule has 0 heterocycles. The van der Waals surface area contributed by atoms with Gasteiger partial charge in [0.1, 0.15) is 6.61 Å². The molecule has 1 aromatic rings. The summed E-state index contributed by atoms with van der Waals surface area (Å²) in [6, 6.07) is 5.73. The number of nitrogens with zero attached hydrogens (tertiary/aromatic N) is 2. The third-order valence-corrected chi connectivity index (χ3v) is 4.17. The molecule has 0 saturated carbocycles. The lowest BCUT2D eigenvalue weighted by Gasteiger charge is -2.30. The summed E-state index contributed by atoms with van der Waals surface area (Å²) in [5.74, 6) is -0.210. The molecule has 0 aromatic heterocycles. The molecule has 3 amide bonds. The van der Waals surface area contributed by atoms with Crippen molar-refractivity contribution < 1.29 is 14.3 Å². The molecule has 0 saturated heterocycles. The maximum absolute atomic E-state index is 12.5. The molecule has 1 rings (SSSR count). The van der Waals surface area contributed by atoms with Crippen LogP contribution in [0.15, 0.2) is 18.2 Å². The second-order valence-electron chi connectivity index (χ2n) is 6.44. The number of urea groups is 1. The standard InChI is InChI=1S/C19H32N4O3/c1-7-14(3)23(19(25)20-8-2)12-15-11-16(21-18(24)13-26-6)9-10-17(15)22(4)5/h9-11,14H,7-8,12-13H2,1-6H3,(H,20,25)(H,21,24). The monoisotopic (exact) mass is 364 g/mol. The van der Waals surface area contributed by atoms with Crippen molar-refractivity contribution >= 4 is 23.3 Å². The highest BCUT2D eigenvalue weighted by Gasteiger charge is 2.20. The quantitative estimate of drug-likeness (QED) is 0.706. The van der Waals surface area contributed by atoms with Crippen molar-refractivity contribution in [1.82, 2.24) is 10.2 Å². The average Bonchev–Trinajstić information content (AvgIpc) is 2.59. The Morgan fingerprint density at radius 2 is 1.92 bits per heavy atom. The van der Waals surface area contributed by atoms with Gasteiger partial charge >= 0.3 is 6.03 Å². The third-order valence-electron chi connectivity index (χ3n) is 4.17. The van der Waals surface area contributed by atoms with Crippen LogP contribution in [0.5, 0.6) is 0 Å². The van der Waals surface area contributed by atoms with E-state index in [0.717, 1.165) is 17.7 Å². The van der Waals surface area contributed by atoms with Gasteiger partial charge < -0.3 is 25.2 Å². The zero-order chi connectivity index (χ0) is 19.7. The number of hydrogen-bond donors (Lipinski definition) is 2. The first kappa shape index (κ1) is 21.8. The number of methoxy groups -OCH3 is 1. The van der Waals surface area contributed by atoms with E-state index in [1.54, 1.807) is 0 Å². The van der Waals surface area contributed by atoms with Crippen molar-refractivity contribution in [3.05, 3.63) is 23.8 Å². The molecule has 0 spiro atoms. The van der Waals surface area contributed by atoms with Gasteiger partial charge in [-0.3, -0.25) is 4.79 Å². The summed E-state index contributed by atoms with van der Waals surface area (Å²) in [5.41, 5.74) is 2.66. The van der Waals surface area contributed by atoms with Gasteiger partial charge in [-0.1, -0.05) is 6.92 Å². The molecule has 2 N–H and O–H groups in total. The average molecular weight is 364 g/mol. The molecule has 1 unspecified atom stereocenters. The predicted octanol–water partition coefficient (Wildman–Crippen LogP) is 2.67. The zero-order valence-corrected chi connectivity index (χ0v) is 16.8. The van der Waals surface area contributed by atoms with Gasteiger partial charge in [0.15, 0.2) is 0 Å². The van der Waals surface area contributed by atoms with Crippen LogP contribution < -0.4 is 15.5 Å². The van der Waals surface area contributed by atoms with Gasteiger partial charge in [0.05, 0.1) is 0 Å². The molecule has 7 nitrogen and oxygen atoms in total. The van der Waals surface area contributed by atoms with E-state index in [2.05, 4.69) is 17.6 Å². The van der Waals surface area contributed by atoms with Crippen molar-refractivity contribution in [2.75, 3.05) is 44.6 Å². The normalized spacial score (nSPS) is 11.6. The van der Waals surface area contributed by atoms with E-state index in [1.165, 1.54) is 7.11 Å². The Bertz CT molecular complexity index is 604. The summed E-state index contributed by atoms with van der Waals surface area (Å²) in [4.78, 5) is 28.1. The van der Waals surface area contributed by atoms with Crippen LogP contribution in [0.25, 0.3) is 0 Å². The number of carbonyl (C=O) groups excluding carboxylic acids is 2. The van der Waals surface area contributed by atoms with Crippen molar-refractivity contribution in [3.8, 4) is 0 Å². The lowest BCUT2D eigenvalue weighted by molar-refractivity contribution is -0.119. The van der Waals surface area contributed by atoms with Crippen molar-refractivity contribution in [3.63, 3.8) is 0 Å². The van der Waals surface area contributed by atoms with Gasteiger partial charge in [0.2, 0.25) is 5.91 Å². The van der Waals surface area contributed by atoms with Crippen LogP contribution >= 0.6 is 0 Å². The first-order chi connectivity index (χ1) is 12.3. The molecule has 1 atom stereocenters. The Morgan fingerprint density at radius 3 is 2.46 bits per heavy atom. The van der Waals surface area contributed by atoms with Crippen LogP contribution in [0.1, 0.15) is 32.8 Å². The van der Waals surface area contributed by atoms with E-state index in [0.29, 0.717) is 18.8 Å². The minimum Gasteiger partial charge on any atom is -0.377 e. The molecular formula is C19H32N4O3. The summed E-state index contributed by atoms with van der Waals surface area (Å²) >= 11 is 0. The number of nitrogens with one attached hydrogen (secondary N) is 2. The van der Waals surface area contributed by atoms with Crippen LogP contribution in [0.3, 0.4) is 0 Å². The molecule has 1 aromatic carbocycles. The minimum absolute atomic E-state index is 0.00264. The lowest BCUT2D eigenvalue weighted by Crippen LogP contribution is -2.44. The van der Waals surface area contributed by atoms with E-state index in [-0.39, 0.29) is 24.6 Å². The van der Waals surface area contributed by atoms with E-state index in [9.17, 15) is 9.59 Å². The first-order valence-electron chi connectivity index (χ1n) is 8.97. The van der Waals surface area contributed by atoms with Gasteiger partial charge in [-0.25, -0.2) is 4.79 Å². The number of benzene rings is 1. The van der Waals surface area contributed by atoms with Crippen LogP contribution in [-0.4, -0.2) is 57.2 Å². The fourth-order valence-corrected chi connectivity index (χ4v) is 2.64. The molecular weight excluding hydrogens is 332 g/mol. The summed E-state index contributed by atoms with van der Waals surface area (Å²) in [6.07, 6.45) is 0.860. The number of amides is 3. The van der Waals surface area contributed by atoms with Crippen molar-refractivity contribution in [1.29, 1.82) is 0 Å². The SMILES string of the molecule is CCNC(=O)N(Cc1cc(NC(=O)COC)ccc1N(C)C)C(C)CC. The molecule has 0 aliphatic rings. The summed E-state index contributed by atoms with van der Waals surface area (Å²) < 4.78 is 4.86. The topological polar surface area (TPSA) is 73.9 Å². The second kappa shape index (κ2) is 10.7. The molecule has 0 aliphatic carbocycles. The molecule has 0 fully saturated rings. The first-order valence-corrected chi connectivity index (χ1v) is 8.97. The predicted molar refractivity (Wildman–Crippen MR) is 106 cm³/mol. The van der Waals surface area contributed by atoms with Gasteiger partial charge in [0.25, 0.3) is 0 Å². The van der Waals surface area contributed by atoms with Gasteiger partial charge in [-0.15, -0.1) is 0 Å². The zero-order valence-electron chi connectivity index (χ0n) is 16.8. The Hall–Kier alpha value is -2.28. The number of anilines is 2. The van der Waals surface area contributed by atoms with E-state index in [4.69, 9.17) is 4.74 Å². The number of hydrogen-bond acceptors (Lipinski definition) is 4. The molecule has 26 heavy (non-hydrogen) atoms. The van der Waals surface area contributed by atoms with Gasteiger partial charge in [-0.2, -0.15) is 0 Å². The van der Waals surface area contributed by atoms with Gasteiger partial charge in [0, 0.05) is 51.7 Å². The van der Waals surface area contributed by atoms with Crippen LogP contribution in [0, 0.1) is 0 Å². The smallest absolute Gasteiger partial charge is 0.317 e. The van der Waals surface area contributed by atoms with E-state index < -0.39 is 0 Å². The maximum atomic E-state index is 12.5. The lowest BCUT2D eigenvalue weighted by atomic mass is 10.1. The highest BCUT2D eigenvalue weighted by Crippen LogP contribution is 2.25. The highest BCUT2D eigenvalue weighted by molar-refractivity contribution is 5.92. The summed E-state index contributed by atoms with van der Waals surface area (Å²) in [7, 11) is 5.40. The van der Waals surface area contributed by atoms with Crippen LogP contribution in [0.2, 0.25) is 0 Å². The summed E-state index contributed by atoms with van der Waals surface area (Å²) in [5, 5.41) is 5.70. The fraction of sp³-hybridized carbons (Fsp3) is 0.579. The van der Waals surface area contributed by atoms with Crippen molar-refractivity contribution in [2.24, 2.45) is 0 Å². The summed E-state index contributed by atoms with van der Waals surface area (Å²) in [6.45, 7) is 7.05. The molecule has 0 bridgehead atoms.